The summed E-state index contributed by atoms with van der Waals surface area (Å²) < 4.78 is 9.92. The second-order valence-corrected chi connectivity index (χ2v) is 5.68. The summed E-state index contributed by atoms with van der Waals surface area (Å²) in [4.78, 5) is 35.6. The highest BCUT2D eigenvalue weighted by Crippen LogP contribution is 2.12. The quantitative estimate of drug-likeness (QED) is 0.695. The molecule has 0 fully saturated rings. The number of esters is 1. The van der Waals surface area contributed by atoms with E-state index in [0.717, 1.165) is 12.0 Å². The fraction of sp³-hybridized carbons (Fsp3) is 0.250. The lowest BCUT2D eigenvalue weighted by atomic mass is 10.1. The van der Waals surface area contributed by atoms with Crippen LogP contribution in [0.1, 0.15) is 22.8 Å². The second-order valence-electron chi connectivity index (χ2n) is 5.68. The average molecular weight is 370 g/mol. The molecular weight excluding hydrogens is 348 g/mol. The maximum Gasteiger partial charge on any atom is 0.325 e. The van der Waals surface area contributed by atoms with Crippen molar-refractivity contribution in [1.29, 1.82) is 0 Å². The van der Waals surface area contributed by atoms with Gasteiger partial charge in [0.05, 0.1) is 7.11 Å². The third-order valence-electron chi connectivity index (χ3n) is 3.71. The van der Waals surface area contributed by atoms with E-state index in [1.54, 1.807) is 30.3 Å². The molecule has 0 heterocycles. The number of rotatable bonds is 8. The monoisotopic (exact) mass is 370 g/mol. The number of carbonyl (C=O) groups is 3. The summed E-state index contributed by atoms with van der Waals surface area (Å²) in [5, 5.41) is 5.10. The van der Waals surface area contributed by atoms with Gasteiger partial charge in [-0.25, -0.2) is 0 Å². The van der Waals surface area contributed by atoms with Crippen LogP contribution < -0.4 is 15.4 Å². The lowest BCUT2D eigenvalue weighted by molar-refractivity contribution is -0.146. The Morgan fingerprint density at radius 1 is 1.04 bits per heavy atom. The zero-order valence-electron chi connectivity index (χ0n) is 15.3. The minimum atomic E-state index is -0.705. The number of hydrogen-bond donors (Lipinski definition) is 2. The highest BCUT2D eigenvalue weighted by atomic mass is 16.5. The number of amides is 2. The normalized spacial score (nSPS) is 10.0. The molecular formula is C20H22N2O5. The summed E-state index contributed by atoms with van der Waals surface area (Å²) >= 11 is 0. The lowest BCUT2D eigenvalue weighted by Gasteiger charge is -2.09. The van der Waals surface area contributed by atoms with Crippen molar-refractivity contribution in [2.24, 2.45) is 0 Å². The van der Waals surface area contributed by atoms with Crippen molar-refractivity contribution in [1.82, 2.24) is 5.32 Å². The summed E-state index contributed by atoms with van der Waals surface area (Å²) in [6, 6.07) is 13.9. The van der Waals surface area contributed by atoms with Gasteiger partial charge in [0.2, 0.25) is 0 Å². The molecule has 2 N–H and O–H groups in total. The Bertz CT molecular complexity index is 820. The molecule has 2 aromatic rings. The number of nitrogens with one attached hydrogen (secondary N) is 2. The van der Waals surface area contributed by atoms with E-state index in [4.69, 9.17) is 9.47 Å². The van der Waals surface area contributed by atoms with Gasteiger partial charge in [-0.05, 0) is 42.3 Å². The number of aryl methyl sites for hydroxylation is 1. The molecule has 27 heavy (non-hydrogen) atoms. The molecule has 7 heteroatoms. The molecule has 2 amide bonds. The average Bonchev–Trinajstić information content (AvgIpc) is 2.70. The van der Waals surface area contributed by atoms with Gasteiger partial charge in [0.15, 0.2) is 6.61 Å². The maximum atomic E-state index is 12.0. The Morgan fingerprint density at radius 2 is 1.81 bits per heavy atom. The fourth-order valence-corrected chi connectivity index (χ4v) is 2.28. The third kappa shape index (κ3) is 6.47. The van der Waals surface area contributed by atoms with Crippen LogP contribution in [0, 0.1) is 0 Å². The van der Waals surface area contributed by atoms with Gasteiger partial charge >= 0.3 is 5.97 Å². The maximum absolute atomic E-state index is 12.0. The van der Waals surface area contributed by atoms with E-state index in [1.165, 1.54) is 7.11 Å². The van der Waals surface area contributed by atoms with E-state index in [2.05, 4.69) is 10.6 Å². The van der Waals surface area contributed by atoms with Gasteiger partial charge in [0, 0.05) is 11.3 Å². The lowest BCUT2D eigenvalue weighted by Crippen LogP contribution is -2.32. The molecule has 0 saturated carbocycles. The van der Waals surface area contributed by atoms with Crippen LogP contribution in [0.2, 0.25) is 0 Å². The molecule has 2 rings (SSSR count). The summed E-state index contributed by atoms with van der Waals surface area (Å²) in [6.07, 6.45) is 0.853. The smallest absolute Gasteiger partial charge is 0.325 e. The molecule has 0 aliphatic rings. The van der Waals surface area contributed by atoms with Crippen LogP contribution in [0.3, 0.4) is 0 Å². The van der Waals surface area contributed by atoms with Gasteiger partial charge in [-0.2, -0.15) is 0 Å². The van der Waals surface area contributed by atoms with Crippen molar-refractivity contribution in [3.05, 3.63) is 59.7 Å². The number of methoxy groups -OCH3 is 1. The van der Waals surface area contributed by atoms with Crippen molar-refractivity contribution in [3.8, 4) is 5.75 Å². The van der Waals surface area contributed by atoms with E-state index < -0.39 is 24.4 Å². The SMILES string of the molecule is CCc1cccc(NC(=O)COC(=O)CNC(=O)c2cccc(OC)c2)c1. The number of carbonyl (C=O) groups excluding carboxylic acids is 3. The Balaban J connectivity index is 1.75. The van der Waals surface area contributed by atoms with E-state index >= 15 is 0 Å². The van der Waals surface area contributed by atoms with Gasteiger partial charge in [-0.15, -0.1) is 0 Å². The first-order valence-electron chi connectivity index (χ1n) is 8.48. The van der Waals surface area contributed by atoms with Crippen LogP contribution in [0.5, 0.6) is 5.75 Å². The van der Waals surface area contributed by atoms with Crippen LogP contribution in [0.15, 0.2) is 48.5 Å². The van der Waals surface area contributed by atoms with Gasteiger partial charge in [-0.3, -0.25) is 14.4 Å². The molecule has 142 valence electrons. The van der Waals surface area contributed by atoms with Gasteiger partial charge in [0.25, 0.3) is 11.8 Å². The van der Waals surface area contributed by atoms with Crippen LogP contribution in [0.25, 0.3) is 0 Å². The molecule has 0 unspecified atom stereocenters. The predicted octanol–water partition coefficient (Wildman–Crippen LogP) is 2.17. The van der Waals surface area contributed by atoms with Crippen LogP contribution in [-0.4, -0.2) is 38.0 Å². The summed E-state index contributed by atoms with van der Waals surface area (Å²) in [5.41, 5.74) is 2.09. The molecule has 0 aliphatic heterocycles. The predicted molar refractivity (Wildman–Crippen MR) is 101 cm³/mol. The number of benzene rings is 2. The number of ether oxygens (including phenoxy) is 2. The number of hydrogen-bond acceptors (Lipinski definition) is 5. The Kier molecular flexibility index (Phi) is 7.37. The Labute approximate surface area is 157 Å². The molecule has 0 aliphatic carbocycles. The zero-order valence-corrected chi connectivity index (χ0v) is 15.3. The van der Waals surface area contributed by atoms with Crippen molar-refractivity contribution in [2.45, 2.75) is 13.3 Å². The molecule has 7 nitrogen and oxygen atoms in total. The first kappa shape index (κ1) is 20.0. The molecule has 0 aromatic heterocycles. The standard InChI is InChI=1S/C20H22N2O5/c1-3-14-6-4-8-16(10-14)22-18(23)13-27-19(24)12-21-20(25)15-7-5-9-17(11-15)26-2/h4-11H,3,12-13H2,1-2H3,(H,21,25)(H,22,23). The van der Waals surface area contributed by atoms with Crippen molar-refractivity contribution < 1.29 is 23.9 Å². The van der Waals surface area contributed by atoms with E-state index in [1.807, 2.05) is 25.1 Å². The third-order valence-corrected chi connectivity index (χ3v) is 3.71. The molecule has 0 spiro atoms. The minimum absolute atomic E-state index is 0.339. The summed E-state index contributed by atoms with van der Waals surface area (Å²) in [7, 11) is 1.50. The first-order valence-corrected chi connectivity index (χ1v) is 8.48. The topological polar surface area (TPSA) is 93.7 Å². The molecule has 0 radical (unpaired) electrons. The van der Waals surface area contributed by atoms with Crippen LogP contribution >= 0.6 is 0 Å². The summed E-state index contributed by atoms with van der Waals surface area (Å²) in [6.45, 7) is 1.25. The summed E-state index contributed by atoms with van der Waals surface area (Å²) in [5.74, 6) is -1.06. The molecule has 2 aromatic carbocycles. The van der Waals surface area contributed by atoms with Crippen molar-refractivity contribution >= 4 is 23.5 Å². The second kappa shape index (κ2) is 9.96. The van der Waals surface area contributed by atoms with E-state index in [9.17, 15) is 14.4 Å². The Morgan fingerprint density at radius 3 is 2.56 bits per heavy atom. The van der Waals surface area contributed by atoms with Crippen LogP contribution in [0.4, 0.5) is 5.69 Å². The van der Waals surface area contributed by atoms with Crippen molar-refractivity contribution in [2.75, 3.05) is 25.6 Å². The molecule has 0 bridgehead atoms. The number of anilines is 1. The minimum Gasteiger partial charge on any atom is -0.497 e. The molecule has 0 saturated heterocycles. The Hall–Kier alpha value is -3.35. The van der Waals surface area contributed by atoms with Crippen molar-refractivity contribution in [3.63, 3.8) is 0 Å². The first-order chi connectivity index (χ1) is 13.0. The van der Waals surface area contributed by atoms with E-state index in [-0.39, 0.29) is 6.54 Å². The fourth-order valence-electron chi connectivity index (χ4n) is 2.28. The highest BCUT2D eigenvalue weighted by Gasteiger charge is 2.11. The van der Waals surface area contributed by atoms with Crippen LogP contribution in [-0.2, 0) is 20.7 Å². The van der Waals surface area contributed by atoms with Gasteiger partial charge < -0.3 is 20.1 Å². The van der Waals surface area contributed by atoms with Gasteiger partial charge in [0.1, 0.15) is 12.3 Å². The largest absolute Gasteiger partial charge is 0.497 e. The zero-order chi connectivity index (χ0) is 19.6. The highest BCUT2D eigenvalue weighted by molar-refractivity contribution is 5.97. The van der Waals surface area contributed by atoms with Gasteiger partial charge in [-0.1, -0.05) is 25.1 Å². The molecule has 0 atom stereocenters. The van der Waals surface area contributed by atoms with E-state index in [0.29, 0.717) is 17.0 Å².